The van der Waals surface area contributed by atoms with Gasteiger partial charge in [0.05, 0.1) is 6.54 Å². The van der Waals surface area contributed by atoms with Crippen LogP contribution in [-0.4, -0.2) is 49.4 Å². The van der Waals surface area contributed by atoms with Gasteiger partial charge in [0.2, 0.25) is 11.8 Å². The smallest absolute Gasteiger partial charge is 0.238 e. The van der Waals surface area contributed by atoms with Crippen molar-refractivity contribution in [2.45, 2.75) is 45.4 Å². The van der Waals surface area contributed by atoms with Crippen LogP contribution in [0.15, 0.2) is 18.2 Å². The molecule has 2 saturated heterocycles. The number of nitrogens with two attached hydrogens (primary N) is 1. The zero-order valence-corrected chi connectivity index (χ0v) is 16.4. The topological polar surface area (TPSA) is 78.7 Å². The molecular weight excluding hydrogens is 340 g/mol. The number of nitrogens with one attached hydrogen (secondary N) is 1. The van der Waals surface area contributed by atoms with E-state index < -0.39 is 0 Å². The average molecular weight is 373 g/mol. The molecule has 1 unspecified atom stereocenters. The summed E-state index contributed by atoms with van der Waals surface area (Å²) < 4.78 is 0. The molecule has 1 aromatic rings. The molecule has 3 rings (SSSR count). The average Bonchev–Trinajstić information content (AvgIpc) is 3.16. The molecule has 0 saturated carbocycles. The number of primary amides is 1. The second kappa shape index (κ2) is 9.22. The van der Waals surface area contributed by atoms with E-state index >= 15 is 0 Å². The molecule has 0 aliphatic carbocycles. The highest BCUT2D eigenvalue weighted by molar-refractivity contribution is 5.93. The highest BCUT2D eigenvalue weighted by atomic mass is 16.2. The Balaban J connectivity index is 1.50. The first-order valence-corrected chi connectivity index (χ1v) is 10.2. The number of amides is 2. The van der Waals surface area contributed by atoms with Crippen LogP contribution in [0.3, 0.4) is 0 Å². The molecule has 0 spiro atoms. The minimum atomic E-state index is -0.238. The number of carbonyl (C=O) groups excluding carboxylic acids is 2. The SMILES string of the molecule is Cc1cc(N2CCCC2)ccc1NC(=O)CN1CCCC(CCC(N)=O)C1. The van der Waals surface area contributed by atoms with Crippen molar-refractivity contribution >= 4 is 23.2 Å². The first kappa shape index (κ1) is 19.7. The highest BCUT2D eigenvalue weighted by Gasteiger charge is 2.22. The lowest BCUT2D eigenvalue weighted by Gasteiger charge is -2.32. The fourth-order valence-corrected chi connectivity index (χ4v) is 4.23. The Hall–Kier alpha value is -2.08. The first-order valence-electron chi connectivity index (χ1n) is 10.2. The standard InChI is InChI=1S/C21H32N4O2/c1-16-13-18(25-11-2-3-12-25)7-8-19(16)23-21(27)15-24-10-4-5-17(14-24)6-9-20(22)26/h7-8,13,17H,2-6,9-12,14-15H2,1H3,(H2,22,26)(H,23,27). The number of benzene rings is 1. The number of piperidine rings is 1. The van der Waals surface area contributed by atoms with E-state index in [0.29, 0.717) is 18.9 Å². The molecule has 1 atom stereocenters. The molecule has 148 valence electrons. The number of anilines is 2. The summed E-state index contributed by atoms with van der Waals surface area (Å²) in [5.41, 5.74) is 8.50. The van der Waals surface area contributed by atoms with Gasteiger partial charge in [0.25, 0.3) is 0 Å². The van der Waals surface area contributed by atoms with Crippen molar-refractivity contribution in [3.63, 3.8) is 0 Å². The molecular formula is C21H32N4O2. The molecule has 0 radical (unpaired) electrons. The maximum Gasteiger partial charge on any atom is 0.238 e. The third kappa shape index (κ3) is 5.70. The highest BCUT2D eigenvalue weighted by Crippen LogP contribution is 2.26. The minimum absolute atomic E-state index is 0.0302. The Labute approximate surface area is 162 Å². The Morgan fingerprint density at radius 2 is 1.96 bits per heavy atom. The van der Waals surface area contributed by atoms with Crippen LogP contribution in [0.4, 0.5) is 11.4 Å². The van der Waals surface area contributed by atoms with Crippen LogP contribution in [0, 0.1) is 12.8 Å². The molecule has 2 heterocycles. The van der Waals surface area contributed by atoms with E-state index in [1.54, 1.807) is 0 Å². The van der Waals surface area contributed by atoms with Crippen molar-refractivity contribution in [3.05, 3.63) is 23.8 Å². The Morgan fingerprint density at radius 1 is 1.19 bits per heavy atom. The molecule has 2 fully saturated rings. The van der Waals surface area contributed by atoms with Gasteiger partial charge in [-0.15, -0.1) is 0 Å². The van der Waals surface area contributed by atoms with Crippen molar-refractivity contribution in [1.82, 2.24) is 4.90 Å². The zero-order chi connectivity index (χ0) is 19.2. The Morgan fingerprint density at radius 3 is 2.67 bits per heavy atom. The monoisotopic (exact) mass is 372 g/mol. The number of rotatable bonds is 7. The molecule has 2 aliphatic heterocycles. The van der Waals surface area contributed by atoms with Gasteiger partial charge in [-0.05, 0) is 75.3 Å². The van der Waals surface area contributed by atoms with Gasteiger partial charge in [-0.1, -0.05) is 0 Å². The van der Waals surface area contributed by atoms with E-state index in [4.69, 9.17) is 5.73 Å². The fourth-order valence-electron chi connectivity index (χ4n) is 4.23. The predicted octanol–water partition coefficient (Wildman–Crippen LogP) is 2.51. The van der Waals surface area contributed by atoms with E-state index in [1.165, 1.54) is 18.5 Å². The molecule has 0 bridgehead atoms. The van der Waals surface area contributed by atoms with Crippen molar-refractivity contribution in [2.75, 3.05) is 42.9 Å². The molecule has 6 heteroatoms. The summed E-state index contributed by atoms with van der Waals surface area (Å²) in [5.74, 6) is 0.251. The third-order valence-corrected chi connectivity index (χ3v) is 5.72. The Bertz CT molecular complexity index is 670. The van der Waals surface area contributed by atoms with Crippen LogP contribution < -0.4 is 16.0 Å². The molecule has 3 N–H and O–H groups in total. The normalized spacial score (nSPS) is 20.6. The molecule has 0 aromatic heterocycles. The summed E-state index contributed by atoms with van der Waals surface area (Å²) in [6.07, 6.45) is 5.96. The van der Waals surface area contributed by atoms with Gasteiger partial charge in [-0.25, -0.2) is 0 Å². The molecule has 1 aromatic carbocycles. The van der Waals surface area contributed by atoms with Crippen molar-refractivity contribution in [1.29, 1.82) is 0 Å². The molecule has 2 aliphatic rings. The number of hydrogen-bond donors (Lipinski definition) is 2. The van der Waals surface area contributed by atoms with Gasteiger partial charge in [0, 0.05) is 37.4 Å². The quantitative estimate of drug-likeness (QED) is 0.771. The summed E-state index contributed by atoms with van der Waals surface area (Å²) in [7, 11) is 0. The van der Waals surface area contributed by atoms with Crippen molar-refractivity contribution in [3.8, 4) is 0 Å². The van der Waals surface area contributed by atoms with E-state index in [9.17, 15) is 9.59 Å². The van der Waals surface area contributed by atoms with Crippen LogP contribution in [0.2, 0.25) is 0 Å². The summed E-state index contributed by atoms with van der Waals surface area (Å²) in [5, 5.41) is 3.07. The largest absolute Gasteiger partial charge is 0.372 e. The zero-order valence-electron chi connectivity index (χ0n) is 16.4. The van der Waals surface area contributed by atoms with Gasteiger partial charge >= 0.3 is 0 Å². The van der Waals surface area contributed by atoms with Crippen LogP contribution in [-0.2, 0) is 9.59 Å². The van der Waals surface area contributed by atoms with E-state index in [1.807, 2.05) is 6.07 Å². The Kier molecular flexibility index (Phi) is 6.72. The summed E-state index contributed by atoms with van der Waals surface area (Å²) in [6, 6.07) is 6.29. The van der Waals surface area contributed by atoms with E-state index in [-0.39, 0.29) is 11.8 Å². The number of aryl methyl sites for hydroxylation is 1. The summed E-state index contributed by atoms with van der Waals surface area (Å²) in [6.45, 7) is 6.51. The second-order valence-corrected chi connectivity index (χ2v) is 7.99. The fraction of sp³-hybridized carbons (Fsp3) is 0.619. The first-order chi connectivity index (χ1) is 13.0. The van der Waals surface area contributed by atoms with Gasteiger partial charge in [0.15, 0.2) is 0 Å². The summed E-state index contributed by atoms with van der Waals surface area (Å²) >= 11 is 0. The van der Waals surface area contributed by atoms with Crippen LogP contribution >= 0.6 is 0 Å². The number of nitrogens with zero attached hydrogens (tertiary/aromatic N) is 2. The van der Waals surface area contributed by atoms with Gasteiger partial charge in [-0.2, -0.15) is 0 Å². The van der Waals surface area contributed by atoms with E-state index in [0.717, 1.165) is 56.7 Å². The van der Waals surface area contributed by atoms with Gasteiger partial charge in [-0.3, -0.25) is 14.5 Å². The maximum atomic E-state index is 12.5. The predicted molar refractivity (Wildman–Crippen MR) is 109 cm³/mol. The lowest BCUT2D eigenvalue weighted by atomic mass is 9.93. The van der Waals surface area contributed by atoms with Gasteiger partial charge < -0.3 is 16.0 Å². The molecule has 2 amide bonds. The summed E-state index contributed by atoms with van der Waals surface area (Å²) in [4.78, 5) is 28.1. The lowest BCUT2D eigenvalue weighted by Crippen LogP contribution is -2.40. The molecule has 6 nitrogen and oxygen atoms in total. The van der Waals surface area contributed by atoms with Crippen LogP contribution in [0.1, 0.15) is 44.1 Å². The number of hydrogen-bond acceptors (Lipinski definition) is 4. The van der Waals surface area contributed by atoms with Crippen LogP contribution in [0.25, 0.3) is 0 Å². The second-order valence-electron chi connectivity index (χ2n) is 7.99. The van der Waals surface area contributed by atoms with Crippen LogP contribution in [0.5, 0.6) is 0 Å². The lowest BCUT2D eigenvalue weighted by molar-refractivity contribution is -0.119. The third-order valence-electron chi connectivity index (χ3n) is 5.72. The van der Waals surface area contributed by atoms with Crippen molar-refractivity contribution < 1.29 is 9.59 Å². The number of likely N-dealkylation sites (tertiary alicyclic amines) is 1. The van der Waals surface area contributed by atoms with E-state index in [2.05, 4.69) is 34.2 Å². The molecule has 27 heavy (non-hydrogen) atoms. The van der Waals surface area contributed by atoms with Gasteiger partial charge in [0.1, 0.15) is 0 Å². The number of carbonyl (C=O) groups is 2. The maximum absolute atomic E-state index is 12.5. The van der Waals surface area contributed by atoms with Crippen molar-refractivity contribution in [2.24, 2.45) is 11.7 Å². The minimum Gasteiger partial charge on any atom is -0.372 e.